The summed E-state index contributed by atoms with van der Waals surface area (Å²) in [4.78, 5) is 25.8. The maximum Gasteiger partial charge on any atom is 0.261 e. The van der Waals surface area contributed by atoms with E-state index in [0.29, 0.717) is 22.6 Å². The number of methoxy groups -OCH3 is 1. The Morgan fingerprint density at radius 3 is 2.24 bits per heavy atom. The van der Waals surface area contributed by atoms with Crippen LogP contribution in [-0.2, 0) is 6.54 Å². The highest BCUT2D eigenvalue weighted by molar-refractivity contribution is 6.21. The van der Waals surface area contributed by atoms with Gasteiger partial charge in [-0.05, 0) is 29.8 Å². The Kier molecular flexibility index (Phi) is 3.10. The van der Waals surface area contributed by atoms with Crippen molar-refractivity contribution < 1.29 is 14.3 Å². The predicted octanol–water partition coefficient (Wildman–Crippen LogP) is 2.07. The van der Waals surface area contributed by atoms with Gasteiger partial charge in [0.05, 0.1) is 30.5 Å². The zero-order valence-corrected chi connectivity index (χ0v) is 11.5. The van der Waals surface area contributed by atoms with Gasteiger partial charge in [0.25, 0.3) is 11.8 Å². The van der Waals surface area contributed by atoms with Gasteiger partial charge in [-0.1, -0.05) is 18.2 Å². The Labute approximate surface area is 121 Å². The molecule has 21 heavy (non-hydrogen) atoms. The molecule has 2 aromatic carbocycles. The van der Waals surface area contributed by atoms with Crippen LogP contribution in [0.2, 0.25) is 0 Å². The highest BCUT2D eigenvalue weighted by atomic mass is 16.5. The van der Waals surface area contributed by atoms with Gasteiger partial charge in [-0.15, -0.1) is 0 Å². The van der Waals surface area contributed by atoms with Gasteiger partial charge in [0, 0.05) is 0 Å². The molecule has 5 heteroatoms. The van der Waals surface area contributed by atoms with E-state index in [2.05, 4.69) is 0 Å². The lowest BCUT2D eigenvalue weighted by molar-refractivity contribution is 0.0642. The maximum atomic E-state index is 12.3. The number of nitrogens with zero attached hydrogens (tertiary/aromatic N) is 1. The van der Waals surface area contributed by atoms with E-state index in [4.69, 9.17) is 10.5 Å². The van der Waals surface area contributed by atoms with Crippen molar-refractivity contribution in [1.29, 1.82) is 0 Å². The molecule has 2 N–H and O–H groups in total. The van der Waals surface area contributed by atoms with E-state index in [9.17, 15) is 9.59 Å². The van der Waals surface area contributed by atoms with Crippen LogP contribution in [0, 0.1) is 0 Å². The summed E-state index contributed by atoms with van der Waals surface area (Å²) in [6.45, 7) is 0.197. The number of nitrogen functional groups attached to an aromatic ring is 1. The fourth-order valence-corrected chi connectivity index (χ4v) is 2.42. The number of benzene rings is 2. The van der Waals surface area contributed by atoms with Crippen LogP contribution in [0.3, 0.4) is 0 Å². The molecule has 106 valence electrons. The van der Waals surface area contributed by atoms with E-state index in [0.717, 1.165) is 5.56 Å². The number of fused-ring (bicyclic) bond motifs is 1. The van der Waals surface area contributed by atoms with Crippen molar-refractivity contribution >= 4 is 17.5 Å². The third kappa shape index (κ3) is 2.12. The summed E-state index contributed by atoms with van der Waals surface area (Å²) < 4.78 is 5.15. The van der Waals surface area contributed by atoms with Crippen LogP contribution in [0.4, 0.5) is 5.69 Å². The first-order valence-electron chi connectivity index (χ1n) is 6.49. The average Bonchev–Trinajstić information content (AvgIpc) is 2.74. The molecule has 0 unspecified atom stereocenters. The van der Waals surface area contributed by atoms with E-state index in [1.165, 1.54) is 12.0 Å². The first-order valence-corrected chi connectivity index (χ1v) is 6.49. The summed E-state index contributed by atoms with van der Waals surface area (Å²) in [7, 11) is 1.53. The van der Waals surface area contributed by atoms with E-state index < -0.39 is 0 Å². The van der Waals surface area contributed by atoms with E-state index in [1.54, 1.807) is 42.5 Å². The number of amides is 2. The number of hydrogen-bond donors (Lipinski definition) is 1. The van der Waals surface area contributed by atoms with Gasteiger partial charge in [-0.2, -0.15) is 0 Å². The van der Waals surface area contributed by atoms with Crippen molar-refractivity contribution in [1.82, 2.24) is 4.90 Å². The Hall–Kier alpha value is -2.82. The van der Waals surface area contributed by atoms with Gasteiger partial charge >= 0.3 is 0 Å². The number of carbonyl (C=O) groups is 2. The Morgan fingerprint density at radius 1 is 1.05 bits per heavy atom. The van der Waals surface area contributed by atoms with Crippen LogP contribution in [0.25, 0.3) is 0 Å². The van der Waals surface area contributed by atoms with Crippen LogP contribution in [0.5, 0.6) is 5.75 Å². The summed E-state index contributed by atoms with van der Waals surface area (Å²) in [6.07, 6.45) is 0. The quantitative estimate of drug-likeness (QED) is 0.691. The maximum absolute atomic E-state index is 12.3. The summed E-state index contributed by atoms with van der Waals surface area (Å²) in [5.74, 6) is -0.0121. The van der Waals surface area contributed by atoms with Gasteiger partial charge in [0.2, 0.25) is 0 Å². The SMILES string of the molecule is COc1cc(CN2C(=O)c3ccccc3C2=O)ccc1N. The van der Waals surface area contributed by atoms with E-state index >= 15 is 0 Å². The molecule has 2 aromatic rings. The molecule has 1 aliphatic heterocycles. The smallest absolute Gasteiger partial charge is 0.261 e. The number of imide groups is 1. The molecule has 2 amide bonds. The number of rotatable bonds is 3. The standard InChI is InChI=1S/C16H14N2O3/c1-21-14-8-10(6-7-13(14)17)9-18-15(19)11-4-2-3-5-12(11)16(18)20/h2-8H,9,17H2,1H3. The first kappa shape index (κ1) is 13.2. The van der Waals surface area contributed by atoms with E-state index in [1.807, 2.05) is 0 Å². The molecule has 0 aliphatic carbocycles. The van der Waals surface area contributed by atoms with Crippen LogP contribution >= 0.6 is 0 Å². The molecule has 0 saturated carbocycles. The second-order valence-electron chi connectivity index (χ2n) is 4.82. The molecule has 0 radical (unpaired) electrons. The average molecular weight is 282 g/mol. The number of anilines is 1. The van der Waals surface area contributed by atoms with Crippen molar-refractivity contribution in [3.63, 3.8) is 0 Å². The zero-order valence-electron chi connectivity index (χ0n) is 11.5. The molecule has 5 nitrogen and oxygen atoms in total. The molecule has 0 atom stereocenters. The summed E-state index contributed by atoms with van der Waals surface area (Å²) in [5, 5.41) is 0. The second-order valence-corrected chi connectivity index (χ2v) is 4.82. The lowest BCUT2D eigenvalue weighted by atomic mass is 10.1. The zero-order chi connectivity index (χ0) is 15.0. The van der Waals surface area contributed by atoms with E-state index in [-0.39, 0.29) is 18.4 Å². The van der Waals surface area contributed by atoms with Gasteiger partial charge in [0.1, 0.15) is 5.75 Å². The number of nitrogens with two attached hydrogens (primary N) is 1. The van der Waals surface area contributed by atoms with Crippen LogP contribution in [0.1, 0.15) is 26.3 Å². The minimum absolute atomic E-state index is 0.197. The van der Waals surface area contributed by atoms with Crippen molar-refractivity contribution in [3.05, 3.63) is 59.2 Å². The largest absolute Gasteiger partial charge is 0.495 e. The van der Waals surface area contributed by atoms with Gasteiger partial charge in [-0.25, -0.2) is 0 Å². The van der Waals surface area contributed by atoms with Crippen molar-refractivity contribution in [2.75, 3.05) is 12.8 Å². The molecule has 3 rings (SSSR count). The van der Waals surface area contributed by atoms with Gasteiger partial charge in [0.15, 0.2) is 0 Å². The highest BCUT2D eigenvalue weighted by Gasteiger charge is 2.34. The monoisotopic (exact) mass is 282 g/mol. The van der Waals surface area contributed by atoms with Crippen molar-refractivity contribution in [2.24, 2.45) is 0 Å². The fraction of sp³-hybridized carbons (Fsp3) is 0.125. The highest BCUT2D eigenvalue weighted by Crippen LogP contribution is 2.27. The first-order chi connectivity index (χ1) is 10.1. The summed E-state index contributed by atoms with van der Waals surface area (Å²) >= 11 is 0. The van der Waals surface area contributed by atoms with Crippen molar-refractivity contribution in [2.45, 2.75) is 6.54 Å². The summed E-state index contributed by atoms with van der Waals surface area (Å²) in [5.41, 5.74) is 7.96. The molecular weight excluding hydrogens is 268 g/mol. The Bertz CT molecular complexity index is 705. The number of carbonyl (C=O) groups excluding carboxylic acids is 2. The molecule has 1 aliphatic rings. The minimum atomic E-state index is -0.272. The molecule has 0 fully saturated rings. The van der Waals surface area contributed by atoms with Crippen LogP contribution < -0.4 is 10.5 Å². The second kappa shape index (κ2) is 4.94. The molecule has 0 spiro atoms. The molecule has 0 aromatic heterocycles. The lowest BCUT2D eigenvalue weighted by Crippen LogP contribution is -2.29. The topological polar surface area (TPSA) is 72.6 Å². The third-order valence-corrected chi connectivity index (χ3v) is 3.52. The lowest BCUT2D eigenvalue weighted by Gasteiger charge is -2.15. The van der Waals surface area contributed by atoms with Gasteiger partial charge in [-0.3, -0.25) is 14.5 Å². The third-order valence-electron chi connectivity index (χ3n) is 3.52. The number of ether oxygens (including phenoxy) is 1. The molecule has 1 heterocycles. The fourth-order valence-electron chi connectivity index (χ4n) is 2.42. The normalized spacial score (nSPS) is 13.5. The van der Waals surface area contributed by atoms with Crippen LogP contribution in [-0.4, -0.2) is 23.8 Å². The summed E-state index contributed by atoms with van der Waals surface area (Å²) in [6, 6.07) is 12.0. The Balaban J connectivity index is 1.90. The molecule has 0 saturated heterocycles. The Morgan fingerprint density at radius 2 is 1.67 bits per heavy atom. The molecular formula is C16H14N2O3. The van der Waals surface area contributed by atoms with Crippen molar-refractivity contribution in [3.8, 4) is 5.75 Å². The minimum Gasteiger partial charge on any atom is -0.495 e. The van der Waals surface area contributed by atoms with Gasteiger partial charge < -0.3 is 10.5 Å². The van der Waals surface area contributed by atoms with Crippen LogP contribution in [0.15, 0.2) is 42.5 Å². The molecule has 0 bridgehead atoms. The predicted molar refractivity (Wildman–Crippen MR) is 78.1 cm³/mol. The number of hydrogen-bond acceptors (Lipinski definition) is 4.